The molecule has 1 aromatic heterocycles. The van der Waals surface area contributed by atoms with Gasteiger partial charge in [0.1, 0.15) is 5.82 Å². The lowest BCUT2D eigenvalue weighted by Crippen LogP contribution is -2.11. The van der Waals surface area contributed by atoms with Gasteiger partial charge in [-0.2, -0.15) is 0 Å². The third-order valence-electron chi connectivity index (χ3n) is 2.60. The molecule has 1 aromatic carbocycles. The maximum atomic E-state index is 12.9. The van der Waals surface area contributed by atoms with Crippen LogP contribution in [0.2, 0.25) is 0 Å². The quantitative estimate of drug-likeness (QED) is 0.856. The third-order valence-corrected chi connectivity index (χ3v) is 2.60. The molecule has 1 heterocycles. The number of aromatic carboxylic acids is 1. The predicted octanol–water partition coefficient (Wildman–Crippen LogP) is 1.54. The molecule has 0 aliphatic carbocycles. The predicted molar refractivity (Wildman–Crippen MR) is 66.6 cm³/mol. The number of aromatic nitrogens is 3. The van der Waals surface area contributed by atoms with Gasteiger partial charge < -0.3 is 10.4 Å². The number of nitrogens with zero attached hydrogens (tertiary/aromatic N) is 3. The fourth-order valence-electron chi connectivity index (χ4n) is 1.64. The van der Waals surface area contributed by atoms with Crippen LogP contribution >= 0.6 is 0 Å². The summed E-state index contributed by atoms with van der Waals surface area (Å²) in [5.41, 5.74) is 1.56. The van der Waals surface area contributed by atoms with E-state index in [4.69, 9.17) is 5.11 Å². The van der Waals surface area contributed by atoms with Crippen LogP contribution in [-0.4, -0.2) is 32.6 Å². The second-order valence-electron chi connectivity index (χ2n) is 4.06. The molecule has 0 saturated heterocycles. The van der Waals surface area contributed by atoms with Crippen LogP contribution in [0.15, 0.2) is 24.4 Å². The molecule has 0 saturated carbocycles. The van der Waals surface area contributed by atoms with Crippen LogP contribution in [0.5, 0.6) is 0 Å². The van der Waals surface area contributed by atoms with Crippen LogP contribution in [-0.2, 0) is 6.54 Å². The van der Waals surface area contributed by atoms with Crippen molar-refractivity contribution in [1.29, 1.82) is 0 Å². The Hall–Kier alpha value is -2.44. The maximum absolute atomic E-state index is 12.9. The summed E-state index contributed by atoms with van der Waals surface area (Å²) in [6.07, 6.45) is 1.36. The second kappa shape index (κ2) is 5.47. The van der Waals surface area contributed by atoms with Gasteiger partial charge in [0.15, 0.2) is 5.69 Å². The van der Waals surface area contributed by atoms with E-state index in [-0.39, 0.29) is 11.5 Å². The molecule has 2 N–H and O–H groups in total. The Morgan fingerprint density at radius 3 is 2.95 bits per heavy atom. The average molecular weight is 264 g/mol. The van der Waals surface area contributed by atoms with E-state index in [0.29, 0.717) is 13.1 Å². The molecule has 0 spiro atoms. The number of anilines is 1. The first-order valence-electron chi connectivity index (χ1n) is 5.70. The summed E-state index contributed by atoms with van der Waals surface area (Å²) in [5, 5.41) is 19.0. The zero-order valence-corrected chi connectivity index (χ0v) is 10.3. The van der Waals surface area contributed by atoms with Crippen LogP contribution in [0.4, 0.5) is 10.1 Å². The third kappa shape index (κ3) is 3.27. The van der Waals surface area contributed by atoms with Crippen LogP contribution < -0.4 is 5.32 Å². The Morgan fingerprint density at radius 2 is 2.32 bits per heavy atom. The van der Waals surface area contributed by atoms with Gasteiger partial charge in [-0.3, -0.25) is 0 Å². The van der Waals surface area contributed by atoms with Crippen LogP contribution in [0.25, 0.3) is 0 Å². The van der Waals surface area contributed by atoms with Gasteiger partial charge in [0.05, 0.1) is 12.7 Å². The number of carbonyl (C=O) groups is 1. The molecule has 0 unspecified atom stereocenters. The van der Waals surface area contributed by atoms with Gasteiger partial charge in [-0.25, -0.2) is 13.9 Å². The average Bonchev–Trinajstić information content (AvgIpc) is 2.81. The lowest BCUT2D eigenvalue weighted by atomic mass is 10.2. The van der Waals surface area contributed by atoms with Crippen molar-refractivity contribution in [2.24, 2.45) is 0 Å². The number of halogens is 1. The topological polar surface area (TPSA) is 80.0 Å². The van der Waals surface area contributed by atoms with E-state index in [1.807, 2.05) is 6.92 Å². The molecule has 7 heteroatoms. The maximum Gasteiger partial charge on any atom is 0.358 e. The fraction of sp³-hybridized carbons (Fsp3) is 0.250. The Balaban J connectivity index is 1.90. The van der Waals surface area contributed by atoms with Gasteiger partial charge in [-0.15, -0.1) is 5.10 Å². The van der Waals surface area contributed by atoms with E-state index in [1.165, 1.54) is 23.0 Å². The molecule has 0 radical (unpaired) electrons. The van der Waals surface area contributed by atoms with E-state index in [0.717, 1.165) is 11.3 Å². The summed E-state index contributed by atoms with van der Waals surface area (Å²) in [6, 6.07) is 4.49. The van der Waals surface area contributed by atoms with Crippen molar-refractivity contribution in [3.63, 3.8) is 0 Å². The first kappa shape index (κ1) is 13.0. The van der Waals surface area contributed by atoms with E-state index >= 15 is 0 Å². The van der Waals surface area contributed by atoms with Crippen LogP contribution in [0, 0.1) is 12.7 Å². The Labute approximate surface area is 108 Å². The standard InChI is InChI=1S/C12H13FN4O2/c1-8-6-9(13)2-3-10(8)14-4-5-17-7-11(12(18)19)15-16-17/h2-3,6-7,14H,4-5H2,1H3,(H,18,19). The Morgan fingerprint density at radius 1 is 1.53 bits per heavy atom. The summed E-state index contributed by atoms with van der Waals surface area (Å²) in [4.78, 5) is 10.6. The number of hydrogen-bond donors (Lipinski definition) is 2. The van der Waals surface area contributed by atoms with Gasteiger partial charge in [0, 0.05) is 12.2 Å². The normalized spacial score (nSPS) is 10.4. The number of rotatable bonds is 5. The smallest absolute Gasteiger partial charge is 0.358 e. The number of carboxylic acid groups (broad SMARTS) is 1. The highest BCUT2D eigenvalue weighted by molar-refractivity contribution is 5.84. The number of nitrogens with one attached hydrogen (secondary N) is 1. The molecule has 0 aliphatic rings. The van der Waals surface area contributed by atoms with E-state index < -0.39 is 5.97 Å². The molecule has 0 bridgehead atoms. The number of hydrogen-bond acceptors (Lipinski definition) is 4. The van der Waals surface area contributed by atoms with Crippen molar-refractivity contribution in [3.05, 3.63) is 41.5 Å². The summed E-state index contributed by atoms with van der Waals surface area (Å²) in [6.45, 7) is 2.81. The lowest BCUT2D eigenvalue weighted by molar-refractivity contribution is 0.0690. The first-order valence-corrected chi connectivity index (χ1v) is 5.70. The molecular weight excluding hydrogens is 251 g/mol. The van der Waals surface area contributed by atoms with Crippen molar-refractivity contribution >= 4 is 11.7 Å². The number of carboxylic acids is 1. The van der Waals surface area contributed by atoms with Crippen molar-refractivity contribution in [2.75, 3.05) is 11.9 Å². The summed E-state index contributed by atoms with van der Waals surface area (Å²) >= 11 is 0. The fourth-order valence-corrected chi connectivity index (χ4v) is 1.64. The zero-order valence-electron chi connectivity index (χ0n) is 10.3. The number of aryl methyl sites for hydroxylation is 1. The largest absolute Gasteiger partial charge is 0.476 e. The summed E-state index contributed by atoms with van der Waals surface area (Å²) < 4.78 is 14.3. The molecule has 2 rings (SSSR count). The molecule has 6 nitrogen and oxygen atoms in total. The van der Waals surface area contributed by atoms with Gasteiger partial charge in [0.25, 0.3) is 0 Å². The zero-order chi connectivity index (χ0) is 13.8. The van der Waals surface area contributed by atoms with Crippen LogP contribution in [0.1, 0.15) is 16.1 Å². The molecule has 0 aliphatic heterocycles. The SMILES string of the molecule is Cc1cc(F)ccc1NCCn1cc(C(=O)O)nn1. The monoisotopic (exact) mass is 264 g/mol. The summed E-state index contributed by atoms with van der Waals surface area (Å²) in [7, 11) is 0. The summed E-state index contributed by atoms with van der Waals surface area (Å²) in [5.74, 6) is -1.38. The van der Waals surface area contributed by atoms with E-state index in [1.54, 1.807) is 6.07 Å². The molecule has 100 valence electrons. The van der Waals surface area contributed by atoms with Crippen molar-refractivity contribution in [1.82, 2.24) is 15.0 Å². The Bertz CT molecular complexity index is 597. The van der Waals surface area contributed by atoms with Crippen molar-refractivity contribution < 1.29 is 14.3 Å². The highest BCUT2D eigenvalue weighted by atomic mass is 19.1. The molecule has 0 amide bonds. The van der Waals surface area contributed by atoms with Gasteiger partial charge in [-0.05, 0) is 30.7 Å². The molecular formula is C12H13FN4O2. The second-order valence-corrected chi connectivity index (χ2v) is 4.06. The highest BCUT2D eigenvalue weighted by Gasteiger charge is 2.07. The minimum atomic E-state index is -1.10. The Kier molecular flexibility index (Phi) is 3.74. The van der Waals surface area contributed by atoms with Gasteiger partial charge >= 0.3 is 5.97 Å². The van der Waals surface area contributed by atoms with Crippen LogP contribution in [0.3, 0.4) is 0 Å². The van der Waals surface area contributed by atoms with E-state index in [2.05, 4.69) is 15.6 Å². The lowest BCUT2D eigenvalue weighted by Gasteiger charge is -2.09. The molecule has 2 aromatic rings. The minimum Gasteiger partial charge on any atom is -0.476 e. The molecule has 19 heavy (non-hydrogen) atoms. The van der Waals surface area contributed by atoms with Gasteiger partial charge in [-0.1, -0.05) is 5.21 Å². The van der Waals surface area contributed by atoms with Crippen molar-refractivity contribution in [2.45, 2.75) is 13.5 Å². The minimum absolute atomic E-state index is 0.0852. The van der Waals surface area contributed by atoms with Gasteiger partial charge in [0.2, 0.25) is 0 Å². The first-order chi connectivity index (χ1) is 9.06. The molecule has 0 fully saturated rings. The number of benzene rings is 1. The highest BCUT2D eigenvalue weighted by Crippen LogP contribution is 2.15. The van der Waals surface area contributed by atoms with E-state index in [9.17, 15) is 9.18 Å². The van der Waals surface area contributed by atoms with Crippen molar-refractivity contribution in [3.8, 4) is 0 Å². The molecule has 0 atom stereocenters.